The Balaban J connectivity index is 2.29. The van der Waals surface area contributed by atoms with E-state index >= 15 is 0 Å². The SMILES string of the molecule is NCCN(CCN)C(=O)CCC(N)C(=O)NC(Cc1ccc(C(F)(F)F)cc1)C(=O)Nc1cc(B(O)O)cc(C(F)(F)F)c1. The minimum atomic E-state index is -4.92. The summed E-state index contributed by atoms with van der Waals surface area (Å²) in [5.74, 6) is -2.39. The van der Waals surface area contributed by atoms with Crippen molar-refractivity contribution in [2.75, 3.05) is 31.5 Å². The molecule has 2 unspecified atom stereocenters. The highest BCUT2D eigenvalue weighted by Gasteiger charge is 2.33. The topological polar surface area (TPSA) is 197 Å². The lowest BCUT2D eigenvalue weighted by atomic mass is 9.79. The molecule has 2 rings (SSSR count). The van der Waals surface area contributed by atoms with E-state index in [-0.39, 0.29) is 50.5 Å². The molecule has 242 valence electrons. The minimum Gasteiger partial charge on any atom is -0.423 e. The zero-order valence-corrected chi connectivity index (χ0v) is 23.3. The molecule has 0 aromatic heterocycles. The Morgan fingerprint density at radius 3 is 1.93 bits per heavy atom. The number of carbonyl (C=O) groups is 3. The molecular formula is C26H33BF6N6O5. The molecule has 0 saturated heterocycles. The molecule has 0 aliphatic heterocycles. The van der Waals surface area contributed by atoms with Crippen LogP contribution in [0.5, 0.6) is 0 Å². The van der Waals surface area contributed by atoms with Crippen LogP contribution in [0.1, 0.15) is 29.5 Å². The number of hydrogen-bond acceptors (Lipinski definition) is 8. The van der Waals surface area contributed by atoms with Crippen molar-refractivity contribution in [2.45, 2.75) is 43.7 Å². The van der Waals surface area contributed by atoms with E-state index in [0.29, 0.717) is 12.1 Å². The second kappa shape index (κ2) is 15.9. The number of alkyl halides is 6. The van der Waals surface area contributed by atoms with E-state index in [1.807, 2.05) is 0 Å². The third-order valence-electron chi connectivity index (χ3n) is 6.36. The van der Waals surface area contributed by atoms with Crippen molar-refractivity contribution < 1.29 is 50.8 Å². The van der Waals surface area contributed by atoms with E-state index in [1.54, 1.807) is 0 Å². The smallest absolute Gasteiger partial charge is 0.423 e. The summed E-state index contributed by atoms with van der Waals surface area (Å²) in [6.07, 6.45) is -10.3. The molecule has 10 N–H and O–H groups in total. The van der Waals surface area contributed by atoms with Crippen molar-refractivity contribution in [2.24, 2.45) is 17.2 Å². The van der Waals surface area contributed by atoms with Gasteiger partial charge in [0.1, 0.15) is 6.04 Å². The van der Waals surface area contributed by atoms with Crippen LogP contribution < -0.4 is 33.3 Å². The van der Waals surface area contributed by atoms with E-state index in [1.165, 1.54) is 4.90 Å². The monoisotopic (exact) mass is 634 g/mol. The van der Waals surface area contributed by atoms with Crippen LogP contribution >= 0.6 is 0 Å². The molecule has 0 aliphatic rings. The molecule has 44 heavy (non-hydrogen) atoms. The Bertz CT molecular complexity index is 1270. The standard InChI is InChI=1S/C26H33BF6N6O5/c28-25(29,30)16-3-1-15(2-4-16)11-21(38-23(41)20(36)5-6-22(40)39(9-7-34)10-8-35)24(42)37-19-13-17(26(31,32)33)12-18(14-19)27(43)44/h1-4,12-14,20-21,43-44H,5-11,34-36H2,(H,37,42)(H,38,41). The van der Waals surface area contributed by atoms with Gasteiger partial charge in [0, 0.05) is 44.7 Å². The summed E-state index contributed by atoms with van der Waals surface area (Å²) in [6, 6.07) is 2.56. The quantitative estimate of drug-likeness (QED) is 0.111. The summed E-state index contributed by atoms with van der Waals surface area (Å²) in [6.45, 7) is 0.780. The van der Waals surface area contributed by atoms with Gasteiger partial charge in [0.15, 0.2) is 0 Å². The van der Waals surface area contributed by atoms with E-state index in [4.69, 9.17) is 17.2 Å². The van der Waals surface area contributed by atoms with Crippen LogP contribution in [-0.4, -0.2) is 78.1 Å². The van der Waals surface area contributed by atoms with Crippen molar-refractivity contribution in [3.63, 3.8) is 0 Å². The Morgan fingerprint density at radius 1 is 0.864 bits per heavy atom. The number of nitrogens with zero attached hydrogens (tertiary/aromatic N) is 1. The van der Waals surface area contributed by atoms with Crippen LogP contribution in [0.25, 0.3) is 0 Å². The van der Waals surface area contributed by atoms with E-state index in [0.717, 1.165) is 30.3 Å². The van der Waals surface area contributed by atoms with Crippen molar-refractivity contribution in [1.29, 1.82) is 0 Å². The van der Waals surface area contributed by atoms with Crippen LogP contribution in [0.2, 0.25) is 0 Å². The van der Waals surface area contributed by atoms with Crippen molar-refractivity contribution in [3.8, 4) is 0 Å². The van der Waals surface area contributed by atoms with Gasteiger partial charge in [-0.2, -0.15) is 26.3 Å². The molecule has 0 fully saturated rings. The molecule has 2 aromatic rings. The molecule has 0 radical (unpaired) electrons. The fraction of sp³-hybridized carbons (Fsp3) is 0.423. The average Bonchev–Trinajstić information content (AvgIpc) is 2.94. The Morgan fingerprint density at radius 2 is 1.43 bits per heavy atom. The van der Waals surface area contributed by atoms with E-state index < -0.39 is 72.1 Å². The maximum atomic E-state index is 13.4. The highest BCUT2D eigenvalue weighted by molar-refractivity contribution is 6.58. The highest BCUT2D eigenvalue weighted by atomic mass is 19.4. The number of halogens is 6. The number of rotatable bonds is 14. The van der Waals surface area contributed by atoms with E-state index in [9.17, 15) is 50.8 Å². The Hall–Kier alpha value is -3.71. The van der Waals surface area contributed by atoms with Gasteiger partial charge in [-0.15, -0.1) is 0 Å². The van der Waals surface area contributed by atoms with Crippen LogP contribution in [-0.2, 0) is 33.2 Å². The molecule has 2 aromatic carbocycles. The average molecular weight is 634 g/mol. The van der Waals surface area contributed by atoms with Gasteiger partial charge in [0.25, 0.3) is 0 Å². The summed E-state index contributed by atoms with van der Waals surface area (Å²) >= 11 is 0. The van der Waals surface area contributed by atoms with Crippen LogP contribution in [0.3, 0.4) is 0 Å². The first-order valence-electron chi connectivity index (χ1n) is 13.3. The van der Waals surface area contributed by atoms with Crippen molar-refractivity contribution >= 4 is 36.0 Å². The first kappa shape index (κ1) is 36.5. The number of anilines is 1. The van der Waals surface area contributed by atoms with Crippen molar-refractivity contribution in [1.82, 2.24) is 10.2 Å². The maximum Gasteiger partial charge on any atom is 0.488 e. The predicted molar refractivity (Wildman–Crippen MR) is 149 cm³/mol. The number of carbonyl (C=O) groups excluding carboxylic acids is 3. The normalized spacial score (nSPS) is 13.2. The number of hydrogen-bond donors (Lipinski definition) is 7. The van der Waals surface area contributed by atoms with Crippen LogP contribution in [0.15, 0.2) is 42.5 Å². The maximum absolute atomic E-state index is 13.4. The first-order chi connectivity index (χ1) is 20.5. The lowest BCUT2D eigenvalue weighted by Gasteiger charge is -2.23. The molecule has 11 nitrogen and oxygen atoms in total. The third kappa shape index (κ3) is 11.1. The number of nitrogens with two attached hydrogens (primary N) is 3. The van der Waals surface area contributed by atoms with E-state index in [2.05, 4.69) is 10.6 Å². The zero-order valence-electron chi connectivity index (χ0n) is 23.3. The highest BCUT2D eigenvalue weighted by Crippen LogP contribution is 2.31. The molecular weight excluding hydrogens is 601 g/mol. The van der Waals surface area contributed by atoms with Gasteiger partial charge in [-0.3, -0.25) is 14.4 Å². The van der Waals surface area contributed by atoms with Crippen molar-refractivity contribution in [3.05, 3.63) is 59.2 Å². The molecule has 18 heteroatoms. The van der Waals surface area contributed by atoms with Gasteiger partial charge in [-0.05, 0) is 41.7 Å². The lowest BCUT2D eigenvalue weighted by Crippen LogP contribution is -2.51. The number of nitrogens with one attached hydrogen (secondary N) is 2. The summed E-state index contributed by atoms with van der Waals surface area (Å²) in [4.78, 5) is 40.0. The van der Waals surface area contributed by atoms with Gasteiger partial charge in [-0.25, -0.2) is 0 Å². The molecule has 2 atom stereocenters. The molecule has 0 spiro atoms. The molecule has 3 amide bonds. The number of benzene rings is 2. The number of amides is 3. The van der Waals surface area contributed by atoms with Gasteiger partial charge >= 0.3 is 19.5 Å². The summed E-state index contributed by atoms with van der Waals surface area (Å²) in [5, 5.41) is 23.3. The lowest BCUT2D eigenvalue weighted by molar-refractivity contribution is -0.138. The van der Waals surface area contributed by atoms with Gasteiger partial charge in [-0.1, -0.05) is 18.2 Å². The molecule has 0 aliphatic carbocycles. The summed E-state index contributed by atoms with van der Waals surface area (Å²) < 4.78 is 79.1. The molecule has 0 heterocycles. The zero-order chi connectivity index (χ0) is 33.2. The Kier molecular flexibility index (Phi) is 13.1. The van der Waals surface area contributed by atoms with Crippen LogP contribution in [0.4, 0.5) is 32.0 Å². The summed E-state index contributed by atoms with van der Waals surface area (Å²) in [5.41, 5.74) is 13.7. The van der Waals surface area contributed by atoms with Crippen LogP contribution in [0, 0.1) is 0 Å². The summed E-state index contributed by atoms with van der Waals surface area (Å²) in [7, 11) is -2.32. The van der Waals surface area contributed by atoms with Gasteiger partial charge < -0.3 is 42.8 Å². The minimum absolute atomic E-state index is 0.150. The van der Waals surface area contributed by atoms with Gasteiger partial charge in [0.05, 0.1) is 17.2 Å². The fourth-order valence-electron chi connectivity index (χ4n) is 4.06. The second-order valence-corrected chi connectivity index (χ2v) is 9.77. The second-order valence-electron chi connectivity index (χ2n) is 9.77. The van der Waals surface area contributed by atoms with Gasteiger partial charge in [0.2, 0.25) is 17.7 Å². The molecule has 0 saturated carbocycles. The third-order valence-corrected chi connectivity index (χ3v) is 6.36. The Labute approximate surface area is 248 Å². The fourth-order valence-corrected chi connectivity index (χ4v) is 4.06. The molecule has 0 bridgehead atoms. The largest absolute Gasteiger partial charge is 0.488 e. The predicted octanol–water partition coefficient (Wildman–Crippen LogP) is -0.0765. The first-order valence-corrected chi connectivity index (χ1v) is 13.3.